The Hall–Kier alpha value is -1.85. The number of anilines is 2. The SMILES string of the molecule is O=S1CCC2(CC1)Nc1ccccc1NC2=NCC1=CC=CCC(Cl)=C1. The number of amidine groups is 1. The van der Waals surface area contributed by atoms with Gasteiger partial charge in [-0.05, 0) is 36.6 Å². The number of nitrogens with one attached hydrogen (secondary N) is 2. The van der Waals surface area contributed by atoms with Crippen LogP contribution >= 0.6 is 11.6 Å². The molecule has 6 heteroatoms. The Bertz CT molecular complexity index is 846. The Kier molecular flexibility index (Phi) is 5.00. The number of fused-ring (bicyclic) bond motifs is 1. The van der Waals surface area contributed by atoms with Gasteiger partial charge in [0.05, 0.1) is 23.5 Å². The molecule has 0 radical (unpaired) electrons. The van der Waals surface area contributed by atoms with Crippen LogP contribution < -0.4 is 10.6 Å². The van der Waals surface area contributed by atoms with E-state index in [0.29, 0.717) is 18.1 Å². The van der Waals surface area contributed by atoms with Gasteiger partial charge in [0.1, 0.15) is 5.84 Å². The zero-order valence-corrected chi connectivity index (χ0v) is 16.1. The molecule has 3 aliphatic rings. The van der Waals surface area contributed by atoms with Crippen molar-refractivity contribution in [2.24, 2.45) is 4.99 Å². The summed E-state index contributed by atoms with van der Waals surface area (Å²) in [5.74, 6) is 2.34. The van der Waals surface area contributed by atoms with Crippen LogP contribution in [-0.2, 0) is 10.8 Å². The summed E-state index contributed by atoms with van der Waals surface area (Å²) in [5.41, 5.74) is 2.94. The van der Waals surface area contributed by atoms with Crippen LogP contribution in [-0.4, -0.2) is 33.6 Å². The number of allylic oxidation sites excluding steroid dienone is 4. The Balaban J connectivity index is 1.65. The third-order valence-electron chi connectivity index (χ3n) is 5.04. The smallest absolute Gasteiger partial charge is 0.127 e. The highest BCUT2D eigenvalue weighted by molar-refractivity contribution is 7.85. The second-order valence-corrected chi connectivity index (χ2v) is 9.04. The molecule has 136 valence electrons. The first-order valence-electron chi connectivity index (χ1n) is 8.91. The molecule has 1 aliphatic carbocycles. The van der Waals surface area contributed by atoms with Crippen molar-refractivity contribution in [3.63, 3.8) is 0 Å². The molecular weight excluding hydrogens is 366 g/mol. The van der Waals surface area contributed by atoms with E-state index in [9.17, 15) is 4.21 Å². The average molecular weight is 388 g/mol. The molecule has 0 saturated carbocycles. The lowest BCUT2D eigenvalue weighted by molar-refractivity contribution is 0.545. The van der Waals surface area contributed by atoms with Crippen LogP contribution in [0.3, 0.4) is 0 Å². The molecule has 0 bridgehead atoms. The van der Waals surface area contributed by atoms with Crippen molar-refractivity contribution in [3.05, 3.63) is 59.2 Å². The number of para-hydroxylation sites is 2. The monoisotopic (exact) mass is 387 g/mol. The zero-order valence-electron chi connectivity index (χ0n) is 14.5. The topological polar surface area (TPSA) is 53.5 Å². The summed E-state index contributed by atoms with van der Waals surface area (Å²) in [7, 11) is -0.726. The molecule has 1 aromatic carbocycles. The van der Waals surface area contributed by atoms with Crippen molar-refractivity contribution in [3.8, 4) is 0 Å². The Morgan fingerprint density at radius 1 is 1.19 bits per heavy atom. The second-order valence-electron chi connectivity index (χ2n) is 6.86. The van der Waals surface area contributed by atoms with Gasteiger partial charge in [-0.25, -0.2) is 0 Å². The molecule has 2 heterocycles. The third-order valence-corrected chi connectivity index (χ3v) is 6.62. The normalized spacial score (nSPS) is 29.3. The van der Waals surface area contributed by atoms with Gasteiger partial charge >= 0.3 is 0 Å². The van der Waals surface area contributed by atoms with Crippen molar-refractivity contribution < 1.29 is 4.21 Å². The highest BCUT2D eigenvalue weighted by atomic mass is 35.5. The molecule has 1 fully saturated rings. The predicted octanol–water partition coefficient (Wildman–Crippen LogP) is 4.21. The molecule has 26 heavy (non-hydrogen) atoms. The van der Waals surface area contributed by atoms with Crippen LogP contribution in [0, 0.1) is 0 Å². The first-order chi connectivity index (χ1) is 12.6. The number of halogens is 1. The van der Waals surface area contributed by atoms with Gasteiger partial charge in [-0.2, -0.15) is 0 Å². The number of hydrogen-bond acceptors (Lipinski definition) is 3. The Morgan fingerprint density at radius 3 is 2.77 bits per heavy atom. The minimum Gasteiger partial charge on any atom is -0.371 e. The minimum atomic E-state index is -0.726. The summed E-state index contributed by atoms with van der Waals surface area (Å²) in [4.78, 5) is 4.92. The quantitative estimate of drug-likeness (QED) is 0.799. The van der Waals surface area contributed by atoms with Crippen LogP contribution in [0.2, 0.25) is 0 Å². The van der Waals surface area contributed by atoms with E-state index in [2.05, 4.69) is 28.8 Å². The summed E-state index contributed by atoms with van der Waals surface area (Å²) in [6, 6.07) is 8.17. The van der Waals surface area contributed by atoms with E-state index in [0.717, 1.165) is 47.1 Å². The maximum atomic E-state index is 11.9. The van der Waals surface area contributed by atoms with E-state index >= 15 is 0 Å². The fourth-order valence-electron chi connectivity index (χ4n) is 3.57. The summed E-state index contributed by atoms with van der Waals surface area (Å²) in [6.45, 7) is 0.567. The average Bonchev–Trinajstić information content (AvgIpc) is 2.86. The van der Waals surface area contributed by atoms with Crippen LogP contribution in [0.25, 0.3) is 0 Å². The lowest BCUT2D eigenvalue weighted by atomic mass is 9.87. The number of benzene rings is 1. The zero-order chi connectivity index (χ0) is 18.0. The Labute approximate surface area is 161 Å². The summed E-state index contributed by atoms with van der Waals surface area (Å²) in [6.07, 6.45) is 10.5. The first-order valence-corrected chi connectivity index (χ1v) is 10.8. The molecule has 0 unspecified atom stereocenters. The molecule has 0 amide bonds. The van der Waals surface area contributed by atoms with Gasteiger partial charge in [-0.1, -0.05) is 42.0 Å². The van der Waals surface area contributed by atoms with Crippen molar-refractivity contribution >= 4 is 39.6 Å². The van der Waals surface area contributed by atoms with Crippen molar-refractivity contribution in [2.75, 3.05) is 28.7 Å². The maximum Gasteiger partial charge on any atom is 0.127 e. The molecule has 0 atom stereocenters. The largest absolute Gasteiger partial charge is 0.371 e. The van der Waals surface area contributed by atoms with Gasteiger partial charge in [-0.3, -0.25) is 9.20 Å². The summed E-state index contributed by atoms with van der Waals surface area (Å²) < 4.78 is 11.9. The van der Waals surface area contributed by atoms with E-state index in [1.807, 2.05) is 30.4 Å². The van der Waals surface area contributed by atoms with Crippen LogP contribution in [0.15, 0.2) is 64.2 Å². The molecular formula is C20H22ClN3OS. The standard InChI is InChI=1S/C20H22ClN3OS/c21-16-6-2-1-5-15(13-16)14-22-19-20(9-11-26(25)12-10-20)24-18-8-4-3-7-17(18)23-19/h1-5,7-8,13,24H,6,9-12,14H2,(H,22,23). The molecule has 1 spiro atoms. The predicted molar refractivity (Wildman–Crippen MR) is 112 cm³/mol. The Morgan fingerprint density at radius 2 is 1.96 bits per heavy atom. The van der Waals surface area contributed by atoms with Crippen LogP contribution in [0.4, 0.5) is 11.4 Å². The van der Waals surface area contributed by atoms with E-state index in [1.54, 1.807) is 0 Å². The van der Waals surface area contributed by atoms with Gasteiger partial charge in [0.2, 0.25) is 0 Å². The highest BCUT2D eigenvalue weighted by Crippen LogP contribution is 2.37. The number of hydrogen-bond donors (Lipinski definition) is 2. The van der Waals surface area contributed by atoms with Crippen molar-refractivity contribution in [2.45, 2.75) is 24.8 Å². The van der Waals surface area contributed by atoms with Gasteiger partial charge in [0.25, 0.3) is 0 Å². The van der Waals surface area contributed by atoms with E-state index < -0.39 is 10.8 Å². The third kappa shape index (κ3) is 3.64. The van der Waals surface area contributed by atoms with Gasteiger partial charge in [0.15, 0.2) is 0 Å². The summed E-state index contributed by atoms with van der Waals surface area (Å²) in [5, 5.41) is 8.04. The van der Waals surface area contributed by atoms with E-state index in [1.165, 1.54) is 0 Å². The van der Waals surface area contributed by atoms with Gasteiger partial charge < -0.3 is 10.6 Å². The lowest BCUT2D eigenvalue weighted by Gasteiger charge is -2.43. The number of rotatable bonds is 2. The number of aliphatic imine (C=N–C) groups is 1. The minimum absolute atomic E-state index is 0.267. The molecule has 2 N–H and O–H groups in total. The van der Waals surface area contributed by atoms with Gasteiger partial charge in [0, 0.05) is 33.8 Å². The highest BCUT2D eigenvalue weighted by Gasteiger charge is 2.42. The molecule has 4 rings (SSSR count). The van der Waals surface area contributed by atoms with Crippen LogP contribution in [0.1, 0.15) is 19.3 Å². The lowest BCUT2D eigenvalue weighted by Crippen LogP contribution is -2.56. The first kappa shape index (κ1) is 17.6. The fourth-order valence-corrected chi connectivity index (χ4v) is 5.16. The fraction of sp³-hybridized carbons (Fsp3) is 0.350. The van der Waals surface area contributed by atoms with Gasteiger partial charge in [-0.15, -0.1) is 0 Å². The van der Waals surface area contributed by atoms with Crippen molar-refractivity contribution in [1.29, 1.82) is 0 Å². The van der Waals surface area contributed by atoms with Crippen molar-refractivity contribution in [1.82, 2.24) is 0 Å². The van der Waals surface area contributed by atoms with E-state index in [4.69, 9.17) is 16.6 Å². The molecule has 1 saturated heterocycles. The maximum absolute atomic E-state index is 11.9. The second kappa shape index (κ2) is 7.41. The molecule has 1 aromatic rings. The molecule has 0 aromatic heterocycles. The van der Waals surface area contributed by atoms with E-state index in [-0.39, 0.29) is 5.54 Å². The number of nitrogens with zero attached hydrogens (tertiary/aromatic N) is 1. The van der Waals surface area contributed by atoms with Crippen LogP contribution in [0.5, 0.6) is 0 Å². The summed E-state index contributed by atoms with van der Waals surface area (Å²) >= 11 is 6.22. The molecule has 4 nitrogen and oxygen atoms in total. The molecule has 2 aliphatic heterocycles.